The van der Waals surface area contributed by atoms with Crippen LogP contribution in [0, 0.1) is 17.5 Å². The van der Waals surface area contributed by atoms with E-state index in [2.05, 4.69) is 20.9 Å². The normalized spacial score (nSPS) is 10.7. The molecule has 0 bridgehead atoms. The van der Waals surface area contributed by atoms with Crippen LogP contribution in [0.15, 0.2) is 41.4 Å². The Bertz CT molecular complexity index is 865. The van der Waals surface area contributed by atoms with E-state index in [1.165, 1.54) is 0 Å². The number of anilines is 1. The van der Waals surface area contributed by atoms with E-state index in [1.807, 2.05) is 31.2 Å². The van der Waals surface area contributed by atoms with Crippen LogP contribution < -0.4 is 20.7 Å². The van der Waals surface area contributed by atoms with Gasteiger partial charge in [-0.2, -0.15) is 0 Å². The van der Waals surface area contributed by atoms with Crippen molar-refractivity contribution in [3.8, 4) is 5.75 Å². The number of benzene rings is 2. The zero-order valence-corrected chi connectivity index (χ0v) is 18.2. The van der Waals surface area contributed by atoms with Gasteiger partial charge in [0.15, 0.2) is 23.4 Å². The minimum absolute atomic E-state index is 0. The molecule has 2 aromatic rings. The Kier molecular flexibility index (Phi) is 10.3. The molecule has 1 amide bonds. The molecule has 0 heterocycles. The number of para-hydroxylation sites is 1. The number of carbonyl (C=O) groups excluding carboxylic acids is 1. The summed E-state index contributed by atoms with van der Waals surface area (Å²) >= 11 is 0. The van der Waals surface area contributed by atoms with Gasteiger partial charge in [-0.25, -0.2) is 18.2 Å². The monoisotopic (exact) mass is 522 g/mol. The van der Waals surface area contributed by atoms with E-state index in [0.29, 0.717) is 24.8 Å². The fourth-order valence-corrected chi connectivity index (χ4v) is 2.32. The van der Waals surface area contributed by atoms with Gasteiger partial charge in [-0.3, -0.25) is 4.79 Å². The molecule has 10 heteroatoms. The van der Waals surface area contributed by atoms with Crippen LogP contribution in [-0.2, 0) is 11.3 Å². The van der Waals surface area contributed by atoms with Crippen molar-refractivity contribution in [2.45, 2.75) is 13.5 Å². The van der Waals surface area contributed by atoms with Crippen LogP contribution in [0.5, 0.6) is 5.75 Å². The van der Waals surface area contributed by atoms with Crippen LogP contribution in [0.2, 0.25) is 0 Å². The van der Waals surface area contributed by atoms with E-state index in [-0.39, 0.29) is 30.5 Å². The number of halogens is 4. The molecular weight excluding hydrogens is 500 g/mol. The molecule has 3 N–H and O–H groups in total. The molecule has 6 nitrogen and oxygen atoms in total. The van der Waals surface area contributed by atoms with Crippen molar-refractivity contribution in [3.63, 3.8) is 0 Å². The van der Waals surface area contributed by atoms with Gasteiger partial charge in [0.2, 0.25) is 5.91 Å². The fraction of sp³-hybridized carbons (Fsp3) is 0.263. The summed E-state index contributed by atoms with van der Waals surface area (Å²) in [6.07, 6.45) is 0. The average Bonchev–Trinajstić information content (AvgIpc) is 2.70. The first kappa shape index (κ1) is 24.5. The van der Waals surface area contributed by atoms with Gasteiger partial charge in [-0.1, -0.05) is 18.2 Å². The highest BCUT2D eigenvalue weighted by Crippen LogP contribution is 2.19. The maximum atomic E-state index is 13.6. The third kappa shape index (κ3) is 7.11. The molecule has 0 fully saturated rings. The smallest absolute Gasteiger partial charge is 0.243 e. The molecule has 0 aromatic heterocycles. The number of rotatable bonds is 7. The molecule has 29 heavy (non-hydrogen) atoms. The number of ether oxygens (including phenoxy) is 1. The van der Waals surface area contributed by atoms with Crippen molar-refractivity contribution < 1.29 is 22.7 Å². The van der Waals surface area contributed by atoms with E-state index in [4.69, 9.17) is 4.74 Å². The maximum absolute atomic E-state index is 13.6. The number of methoxy groups -OCH3 is 1. The fourth-order valence-electron chi connectivity index (χ4n) is 2.32. The van der Waals surface area contributed by atoms with Crippen LogP contribution in [0.25, 0.3) is 0 Å². The van der Waals surface area contributed by atoms with Gasteiger partial charge in [0.05, 0.1) is 25.9 Å². The summed E-state index contributed by atoms with van der Waals surface area (Å²) in [7, 11) is 1.56. The Labute approximate surface area is 184 Å². The summed E-state index contributed by atoms with van der Waals surface area (Å²) in [5.74, 6) is -4.02. The second-order valence-corrected chi connectivity index (χ2v) is 5.63. The van der Waals surface area contributed by atoms with Gasteiger partial charge in [-0.05, 0) is 25.1 Å². The second-order valence-electron chi connectivity index (χ2n) is 5.63. The van der Waals surface area contributed by atoms with Crippen molar-refractivity contribution in [1.82, 2.24) is 10.6 Å². The lowest BCUT2D eigenvalue weighted by atomic mass is 10.2. The highest BCUT2D eigenvalue weighted by atomic mass is 127. The first-order valence-corrected chi connectivity index (χ1v) is 8.53. The molecule has 0 radical (unpaired) electrons. The van der Waals surface area contributed by atoms with E-state index in [1.54, 1.807) is 7.11 Å². The molecule has 0 saturated carbocycles. The van der Waals surface area contributed by atoms with Crippen molar-refractivity contribution in [2.24, 2.45) is 4.99 Å². The summed E-state index contributed by atoms with van der Waals surface area (Å²) in [5, 5.41) is 7.94. The Hall–Kier alpha value is -2.50. The quantitative estimate of drug-likeness (QED) is 0.226. The largest absolute Gasteiger partial charge is 0.496 e. The molecule has 0 aliphatic carbocycles. The third-order valence-corrected chi connectivity index (χ3v) is 3.67. The first-order chi connectivity index (χ1) is 13.5. The van der Waals surface area contributed by atoms with Crippen molar-refractivity contribution in [1.29, 1.82) is 0 Å². The van der Waals surface area contributed by atoms with E-state index in [0.717, 1.165) is 17.7 Å². The summed E-state index contributed by atoms with van der Waals surface area (Å²) < 4.78 is 45.1. The second kappa shape index (κ2) is 12.1. The number of guanidine groups is 1. The zero-order valence-electron chi connectivity index (χ0n) is 15.9. The highest BCUT2D eigenvalue weighted by Gasteiger charge is 2.15. The number of nitrogens with one attached hydrogen (secondary N) is 3. The number of nitrogens with zero attached hydrogens (tertiary/aromatic N) is 1. The number of carbonyl (C=O) groups is 1. The number of aliphatic imine (C=N–C) groups is 1. The lowest BCUT2D eigenvalue weighted by molar-refractivity contribution is -0.115. The Morgan fingerprint density at radius 1 is 1.07 bits per heavy atom. The lowest BCUT2D eigenvalue weighted by Crippen LogP contribution is -2.41. The molecule has 0 unspecified atom stereocenters. The van der Waals surface area contributed by atoms with Crippen LogP contribution in [0.4, 0.5) is 18.9 Å². The van der Waals surface area contributed by atoms with Gasteiger partial charge < -0.3 is 20.7 Å². The average molecular weight is 522 g/mol. The predicted molar refractivity (Wildman–Crippen MR) is 116 cm³/mol. The van der Waals surface area contributed by atoms with Gasteiger partial charge in [-0.15, -0.1) is 24.0 Å². The summed E-state index contributed by atoms with van der Waals surface area (Å²) in [6.45, 7) is 2.46. The van der Waals surface area contributed by atoms with Crippen LogP contribution in [0.1, 0.15) is 12.5 Å². The van der Waals surface area contributed by atoms with Gasteiger partial charge in [0.25, 0.3) is 0 Å². The molecule has 2 aromatic carbocycles. The third-order valence-electron chi connectivity index (χ3n) is 3.67. The number of amides is 1. The minimum atomic E-state index is -1.64. The van der Waals surface area contributed by atoms with Crippen molar-refractivity contribution in [2.75, 3.05) is 25.5 Å². The highest BCUT2D eigenvalue weighted by molar-refractivity contribution is 14.0. The minimum Gasteiger partial charge on any atom is -0.496 e. The summed E-state index contributed by atoms with van der Waals surface area (Å²) in [4.78, 5) is 16.4. The van der Waals surface area contributed by atoms with Crippen molar-refractivity contribution in [3.05, 3.63) is 59.4 Å². The van der Waals surface area contributed by atoms with Gasteiger partial charge >= 0.3 is 0 Å². The standard InChI is InChI=1S/C19H21F3N4O2.HI/c1-3-23-19(24-10-12-6-4-5-7-15(12)28-2)25-11-16(27)26-14-9-8-13(20)17(21)18(14)22;/h4-9H,3,10-11H2,1-2H3,(H,26,27)(H2,23,24,25);1H. The SMILES string of the molecule is CCNC(=NCc1ccccc1OC)NCC(=O)Nc1ccc(F)c(F)c1F.I. The van der Waals surface area contributed by atoms with Gasteiger partial charge in [0.1, 0.15) is 5.75 Å². The lowest BCUT2D eigenvalue weighted by Gasteiger charge is -2.12. The molecule has 0 aliphatic rings. The molecule has 2 rings (SSSR count). The van der Waals surface area contributed by atoms with Crippen LogP contribution in [-0.4, -0.2) is 32.1 Å². The molecular formula is C19H22F3IN4O2. The predicted octanol–water partition coefficient (Wildman–Crippen LogP) is 3.42. The van der Waals surface area contributed by atoms with Gasteiger partial charge in [0, 0.05) is 12.1 Å². The Balaban J connectivity index is 0.00000420. The van der Waals surface area contributed by atoms with Crippen LogP contribution >= 0.6 is 24.0 Å². The summed E-state index contributed by atoms with van der Waals surface area (Å²) in [6, 6.07) is 9.07. The van der Waals surface area contributed by atoms with E-state index >= 15 is 0 Å². The van der Waals surface area contributed by atoms with Crippen LogP contribution in [0.3, 0.4) is 0 Å². The summed E-state index contributed by atoms with van der Waals surface area (Å²) in [5.41, 5.74) is 0.414. The topological polar surface area (TPSA) is 74.8 Å². The number of hydrogen-bond acceptors (Lipinski definition) is 3. The van der Waals surface area contributed by atoms with E-state index < -0.39 is 29.0 Å². The molecule has 0 aliphatic heterocycles. The Morgan fingerprint density at radius 3 is 2.48 bits per heavy atom. The molecule has 0 spiro atoms. The maximum Gasteiger partial charge on any atom is 0.243 e. The first-order valence-electron chi connectivity index (χ1n) is 8.53. The molecule has 158 valence electrons. The molecule has 0 saturated heterocycles. The Morgan fingerprint density at radius 2 is 1.79 bits per heavy atom. The van der Waals surface area contributed by atoms with Crippen molar-refractivity contribution >= 4 is 41.5 Å². The number of hydrogen-bond donors (Lipinski definition) is 3. The molecule has 0 atom stereocenters. The van der Waals surface area contributed by atoms with E-state index in [9.17, 15) is 18.0 Å². The zero-order chi connectivity index (χ0) is 20.5.